The topological polar surface area (TPSA) is 78.8 Å². The third-order valence-electron chi connectivity index (χ3n) is 5.45. The van der Waals surface area contributed by atoms with Crippen LogP contribution in [0.2, 0.25) is 0 Å². The number of fused-ring (bicyclic) bond motifs is 1. The minimum absolute atomic E-state index is 0.0789. The number of amides is 1. The number of aromatic nitrogens is 2. The number of hydrogen-bond donors (Lipinski definition) is 1. The number of phenolic OH excluding ortho intramolecular Hbond substituents is 1. The second-order valence-electron chi connectivity index (χ2n) is 7.71. The van der Waals surface area contributed by atoms with Crippen LogP contribution in [0.15, 0.2) is 48.5 Å². The Kier molecular flexibility index (Phi) is 5.86. The quantitative estimate of drug-likeness (QED) is 0.661. The Balaban J connectivity index is 1.79. The Labute approximate surface area is 181 Å². The van der Waals surface area contributed by atoms with Crippen LogP contribution in [0.3, 0.4) is 0 Å². The third-order valence-corrected chi connectivity index (χ3v) is 5.45. The van der Waals surface area contributed by atoms with Crippen molar-refractivity contribution in [1.29, 1.82) is 0 Å². The molecule has 1 aliphatic heterocycles. The maximum atomic E-state index is 13.3. The number of ether oxygens (including phenoxy) is 1. The molecule has 1 N–H and O–H groups in total. The summed E-state index contributed by atoms with van der Waals surface area (Å²) in [5.41, 5.74) is 4.18. The predicted molar refractivity (Wildman–Crippen MR) is 121 cm³/mol. The van der Waals surface area contributed by atoms with Crippen LogP contribution in [0.4, 0.5) is 11.8 Å². The van der Waals surface area contributed by atoms with Crippen molar-refractivity contribution in [1.82, 2.24) is 9.97 Å². The lowest BCUT2D eigenvalue weighted by atomic mass is 10.1. The van der Waals surface area contributed by atoms with Crippen LogP contribution < -0.4 is 9.80 Å². The van der Waals surface area contributed by atoms with E-state index in [1.807, 2.05) is 49.2 Å². The first-order valence-corrected chi connectivity index (χ1v) is 10.3. The lowest BCUT2D eigenvalue weighted by Crippen LogP contribution is -2.30. The number of benzene rings is 2. The average Bonchev–Trinajstić information content (AvgIpc) is 3.21. The van der Waals surface area contributed by atoms with Gasteiger partial charge in [0.15, 0.2) is 0 Å². The minimum Gasteiger partial charge on any atom is -0.508 e. The molecule has 0 spiro atoms. The molecule has 1 amide bonds. The van der Waals surface area contributed by atoms with Crippen molar-refractivity contribution >= 4 is 17.7 Å². The number of phenols is 1. The fourth-order valence-corrected chi connectivity index (χ4v) is 3.68. The molecule has 2 heterocycles. The SMILES string of the molecule is COCCN(C)c1nc(-c2cccc(O)c2)c2c(n1)N(C(=O)c1ccc(C)cc1)CC2. The number of nitrogens with zero attached hydrogens (tertiary/aromatic N) is 4. The number of hydrogen-bond acceptors (Lipinski definition) is 6. The first kappa shape index (κ1) is 20.8. The van der Waals surface area contributed by atoms with Gasteiger partial charge in [0.05, 0.1) is 12.3 Å². The van der Waals surface area contributed by atoms with Gasteiger partial charge in [-0.15, -0.1) is 0 Å². The Morgan fingerprint density at radius 1 is 1.19 bits per heavy atom. The van der Waals surface area contributed by atoms with E-state index in [1.54, 1.807) is 30.2 Å². The fraction of sp³-hybridized carbons (Fsp3) is 0.292. The standard InChI is InChI=1S/C24H26N4O3/c1-16-7-9-17(10-8-16)23(30)28-12-11-20-21(18-5-4-6-19(29)15-18)25-24(26-22(20)28)27(2)13-14-31-3/h4-10,15,29H,11-14H2,1-3H3. The van der Waals surface area contributed by atoms with Gasteiger partial charge in [-0.05, 0) is 37.6 Å². The van der Waals surface area contributed by atoms with E-state index in [-0.39, 0.29) is 11.7 Å². The van der Waals surface area contributed by atoms with Crippen molar-refractivity contribution in [3.63, 3.8) is 0 Å². The first-order valence-electron chi connectivity index (χ1n) is 10.3. The molecule has 0 saturated carbocycles. The summed E-state index contributed by atoms with van der Waals surface area (Å²) in [6, 6.07) is 14.6. The second kappa shape index (κ2) is 8.73. The van der Waals surface area contributed by atoms with Gasteiger partial charge in [0, 0.05) is 43.9 Å². The molecule has 1 aliphatic rings. The zero-order valence-corrected chi connectivity index (χ0v) is 18.0. The van der Waals surface area contributed by atoms with Gasteiger partial charge in [-0.2, -0.15) is 4.98 Å². The molecular formula is C24H26N4O3. The molecule has 7 heteroatoms. The van der Waals surface area contributed by atoms with Gasteiger partial charge in [-0.1, -0.05) is 29.8 Å². The number of carbonyl (C=O) groups excluding carboxylic acids is 1. The lowest BCUT2D eigenvalue weighted by Gasteiger charge is -2.22. The van der Waals surface area contributed by atoms with Gasteiger partial charge in [-0.3, -0.25) is 9.69 Å². The molecule has 1 aromatic heterocycles. The molecule has 0 unspecified atom stereocenters. The molecule has 0 saturated heterocycles. The molecule has 31 heavy (non-hydrogen) atoms. The van der Waals surface area contributed by atoms with Gasteiger partial charge in [-0.25, -0.2) is 4.98 Å². The van der Waals surface area contributed by atoms with Crippen LogP contribution >= 0.6 is 0 Å². The molecule has 2 aromatic carbocycles. The van der Waals surface area contributed by atoms with Crippen LogP contribution in [0, 0.1) is 6.92 Å². The first-order chi connectivity index (χ1) is 15.0. The number of likely N-dealkylation sites (N-methyl/N-ethyl adjacent to an activating group) is 1. The Hall–Kier alpha value is -3.45. The highest BCUT2D eigenvalue weighted by molar-refractivity contribution is 6.07. The van der Waals surface area contributed by atoms with Gasteiger partial charge in [0.2, 0.25) is 5.95 Å². The van der Waals surface area contributed by atoms with Crippen molar-refractivity contribution in [3.8, 4) is 17.0 Å². The van der Waals surface area contributed by atoms with E-state index in [2.05, 4.69) is 0 Å². The van der Waals surface area contributed by atoms with E-state index in [0.717, 1.165) is 22.4 Å². The van der Waals surface area contributed by atoms with Crippen molar-refractivity contribution in [3.05, 3.63) is 65.2 Å². The second-order valence-corrected chi connectivity index (χ2v) is 7.71. The molecule has 0 bridgehead atoms. The number of methoxy groups -OCH3 is 1. The average molecular weight is 418 g/mol. The minimum atomic E-state index is -0.0789. The number of aryl methyl sites for hydroxylation is 1. The van der Waals surface area contributed by atoms with E-state index in [9.17, 15) is 9.90 Å². The zero-order chi connectivity index (χ0) is 22.0. The van der Waals surface area contributed by atoms with Crippen LogP contribution in [0.5, 0.6) is 5.75 Å². The summed E-state index contributed by atoms with van der Waals surface area (Å²) >= 11 is 0. The number of carbonyl (C=O) groups is 1. The number of anilines is 2. The third kappa shape index (κ3) is 4.22. The lowest BCUT2D eigenvalue weighted by molar-refractivity contribution is 0.0988. The van der Waals surface area contributed by atoms with Gasteiger partial charge in [0.25, 0.3) is 5.91 Å². The molecule has 4 rings (SSSR count). The normalized spacial score (nSPS) is 12.7. The van der Waals surface area contributed by atoms with Gasteiger partial charge in [0.1, 0.15) is 11.6 Å². The maximum absolute atomic E-state index is 13.3. The Morgan fingerprint density at radius 3 is 2.68 bits per heavy atom. The Bertz CT molecular complexity index is 1100. The van der Waals surface area contributed by atoms with Crippen LogP contribution in [0.25, 0.3) is 11.3 Å². The van der Waals surface area contributed by atoms with Crippen LogP contribution in [-0.4, -0.2) is 54.8 Å². The van der Waals surface area contributed by atoms with E-state index in [4.69, 9.17) is 14.7 Å². The summed E-state index contributed by atoms with van der Waals surface area (Å²) in [4.78, 5) is 26.5. The summed E-state index contributed by atoms with van der Waals surface area (Å²) in [6.45, 7) is 3.68. The highest BCUT2D eigenvalue weighted by atomic mass is 16.5. The summed E-state index contributed by atoms with van der Waals surface area (Å²) in [6.07, 6.45) is 0.653. The molecule has 160 valence electrons. The number of aromatic hydroxyl groups is 1. The van der Waals surface area contributed by atoms with Gasteiger partial charge < -0.3 is 14.7 Å². The maximum Gasteiger partial charge on any atom is 0.259 e. The molecule has 0 atom stereocenters. The zero-order valence-electron chi connectivity index (χ0n) is 18.0. The van der Waals surface area contributed by atoms with Gasteiger partial charge >= 0.3 is 0 Å². The summed E-state index contributed by atoms with van der Waals surface area (Å²) in [5, 5.41) is 9.99. The van der Waals surface area contributed by atoms with Crippen LogP contribution in [-0.2, 0) is 11.2 Å². The summed E-state index contributed by atoms with van der Waals surface area (Å²) in [5.74, 6) is 1.23. The van der Waals surface area contributed by atoms with Crippen LogP contribution in [0.1, 0.15) is 21.5 Å². The predicted octanol–water partition coefficient (Wildman–Crippen LogP) is 3.44. The Morgan fingerprint density at radius 2 is 1.97 bits per heavy atom. The van der Waals surface area contributed by atoms with Crippen molar-refractivity contribution in [2.24, 2.45) is 0 Å². The molecule has 7 nitrogen and oxygen atoms in total. The smallest absolute Gasteiger partial charge is 0.259 e. The summed E-state index contributed by atoms with van der Waals surface area (Å²) < 4.78 is 5.19. The summed E-state index contributed by atoms with van der Waals surface area (Å²) in [7, 11) is 3.55. The van der Waals surface area contributed by atoms with E-state index < -0.39 is 0 Å². The molecule has 0 aliphatic carbocycles. The largest absolute Gasteiger partial charge is 0.508 e. The molecule has 0 radical (unpaired) electrons. The van der Waals surface area contributed by atoms with E-state index in [1.165, 1.54) is 0 Å². The van der Waals surface area contributed by atoms with Crippen molar-refractivity contribution < 1.29 is 14.6 Å². The van der Waals surface area contributed by atoms with E-state index >= 15 is 0 Å². The molecular weight excluding hydrogens is 392 g/mol. The highest BCUT2D eigenvalue weighted by Gasteiger charge is 2.31. The van der Waals surface area contributed by atoms with E-state index in [0.29, 0.717) is 43.4 Å². The fourth-order valence-electron chi connectivity index (χ4n) is 3.68. The molecule has 0 fully saturated rings. The van der Waals surface area contributed by atoms with Crippen molar-refractivity contribution in [2.45, 2.75) is 13.3 Å². The highest BCUT2D eigenvalue weighted by Crippen LogP contribution is 2.36. The van der Waals surface area contributed by atoms with Crippen molar-refractivity contribution in [2.75, 3.05) is 43.7 Å². The monoisotopic (exact) mass is 418 g/mol. The number of rotatable bonds is 6. The molecule has 3 aromatic rings.